The molecule has 1 amide bonds. The van der Waals surface area contributed by atoms with Crippen LogP contribution in [0.3, 0.4) is 0 Å². The fraction of sp³-hybridized carbons (Fsp3) is 0.414. The first kappa shape index (κ1) is 26.2. The first-order valence-corrected chi connectivity index (χ1v) is 13.2. The van der Waals surface area contributed by atoms with Gasteiger partial charge in [-0.2, -0.15) is 0 Å². The number of carbonyl (C=O) groups is 1. The van der Waals surface area contributed by atoms with E-state index >= 15 is 0 Å². The third-order valence-electron chi connectivity index (χ3n) is 7.08. The molecule has 2 aliphatic heterocycles. The maximum atomic E-state index is 11.3. The van der Waals surface area contributed by atoms with E-state index in [1.807, 2.05) is 54.6 Å². The third kappa shape index (κ3) is 6.73. The Morgan fingerprint density at radius 2 is 1.61 bits per heavy atom. The van der Waals surface area contributed by atoms with Crippen molar-refractivity contribution in [1.82, 2.24) is 20.2 Å². The van der Waals surface area contributed by atoms with Crippen molar-refractivity contribution < 1.29 is 19.4 Å². The monoisotopic (exact) mass is 517 g/mol. The lowest BCUT2D eigenvalue weighted by atomic mass is 9.99. The molecule has 3 heterocycles. The number of nitrogens with one attached hydrogen (secondary N) is 1. The lowest BCUT2D eigenvalue weighted by molar-refractivity contribution is -0.253. The molecule has 3 atom stereocenters. The Balaban J connectivity index is 1.27. The van der Waals surface area contributed by atoms with Crippen molar-refractivity contribution in [3.05, 3.63) is 89.2 Å². The summed E-state index contributed by atoms with van der Waals surface area (Å²) in [6.07, 6.45) is 3.69. The third-order valence-corrected chi connectivity index (χ3v) is 7.08. The summed E-state index contributed by atoms with van der Waals surface area (Å²) in [5.74, 6) is 0.728. The maximum absolute atomic E-state index is 11.3. The SMILES string of the molecule is CC(=O)NCc1ccc([C@H]2O[C@@H](CN3CCN(c4ncccn4)CC3)C[C@@H](c3ccc(CO)cc3)O2)cc1. The smallest absolute Gasteiger partial charge is 0.225 e. The molecule has 0 unspecified atom stereocenters. The Kier molecular flexibility index (Phi) is 8.60. The second-order valence-corrected chi connectivity index (χ2v) is 9.84. The summed E-state index contributed by atoms with van der Waals surface area (Å²) in [4.78, 5) is 24.7. The summed E-state index contributed by atoms with van der Waals surface area (Å²) in [5, 5.41) is 12.3. The van der Waals surface area contributed by atoms with E-state index in [1.165, 1.54) is 6.92 Å². The van der Waals surface area contributed by atoms with Gasteiger partial charge in [0.2, 0.25) is 11.9 Å². The Hall–Kier alpha value is -3.37. The number of carbonyl (C=O) groups excluding carboxylic acids is 1. The van der Waals surface area contributed by atoms with Crippen LogP contribution in [0.2, 0.25) is 0 Å². The molecule has 3 aromatic rings. The van der Waals surface area contributed by atoms with E-state index in [0.29, 0.717) is 6.54 Å². The predicted octanol–water partition coefficient (Wildman–Crippen LogP) is 2.97. The Morgan fingerprint density at radius 1 is 0.947 bits per heavy atom. The van der Waals surface area contributed by atoms with Crippen molar-refractivity contribution in [2.75, 3.05) is 37.6 Å². The molecule has 0 aliphatic carbocycles. The second-order valence-electron chi connectivity index (χ2n) is 9.84. The fourth-order valence-corrected chi connectivity index (χ4v) is 4.93. The number of piperazine rings is 1. The van der Waals surface area contributed by atoms with Gasteiger partial charge in [0.05, 0.1) is 18.8 Å². The molecule has 0 spiro atoms. The number of nitrogens with zero attached hydrogens (tertiary/aromatic N) is 4. The summed E-state index contributed by atoms with van der Waals surface area (Å²) < 4.78 is 13.0. The van der Waals surface area contributed by atoms with Gasteiger partial charge in [-0.25, -0.2) is 9.97 Å². The molecule has 2 aliphatic rings. The zero-order chi connectivity index (χ0) is 26.3. The number of rotatable bonds is 8. The van der Waals surface area contributed by atoms with E-state index < -0.39 is 6.29 Å². The maximum Gasteiger partial charge on any atom is 0.225 e. The highest BCUT2D eigenvalue weighted by Gasteiger charge is 2.34. The van der Waals surface area contributed by atoms with Gasteiger partial charge in [0.25, 0.3) is 0 Å². The van der Waals surface area contributed by atoms with Gasteiger partial charge >= 0.3 is 0 Å². The Bertz CT molecular complexity index is 1170. The zero-order valence-electron chi connectivity index (χ0n) is 21.7. The molecular formula is C29H35N5O4. The molecule has 9 heteroatoms. The second kappa shape index (κ2) is 12.4. The van der Waals surface area contributed by atoms with Gasteiger partial charge in [-0.3, -0.25) is 9.69 Å². The van der Waals surface area contributed by atoms with E-state index in [1.54, 1.807) is 12.4 Å². The summed E-state index contributed by atoms with van der Waals surface area (Å²) in [5.41, 5.74) is 3.93. The van der Waals surface area contributed by atoms with Crippen molar-refractivity contribution in [3.63, 3.8) is 0 Å². The predicted molar refractivity (Wildman–Crippen MR) is 143 cm³/mol. The van der Waals surface area contributed by atoms with Crippen LogP contribution in [-0.4, -0.2) is 64.7 Å². The van der Waals surface area contributed by atoms with E-state index in [9.17, 15) is 9.90 Å². The van der Waals surface area contributed by atoms with Gasteiger partial charge in [-0.05, 0) is 22.8 Å². The van der Waals surface area contributed by atoms with Crippen molar-refractivity contribution >= 4 is 11.9 Å². The van der Waals surface area contributed by atoms with Crippen LogP contribution < -0.4 is 10.2 Å². The molecule has 5 rings (SSSR count). The van der Waals surface area contributed by atoms with Gasteiger partial charge < -0.3 is 24.8 Å². The number of ether oxygens (including phenoxy) is 2. The van der Waals surface area contributed by atoms with E-state index in [4.69, 9.17) is 9.47 Å². The Morgan fingerprint density at radius 3 is 2.26 bits per heavy atom. The number of benzene rings is 2. The van der Waals surface area contributed by atoms with Crippen LogP contribution in [0.25, 0.3) is 0 Å². The minimum Gasteiger partial charge on any atom is -0.392 e. The van der Waals surface area contributed by atoms with E-state index in [0.717, 1.165) is 67.3 Å². The summed E-state index contributed by atoms with van der Waals surface area (Å²) in [6, 6.07) is 17.8. The van der Waals surface area contributed by atoms with Crippen LogP contribution in [0, 0.1) is 0 Å². The largest absolute Gasteiger partial charge is 0.392 e. The number of amides is 1. The van der Waals surface area contributed by atoms with Gasteiger partial charge in [-0.1, -0.05) is 48.5 Å². The van der Waals surface area contributed by atoms with Crippen LogP contribution in [0.15, 0.2) is 67.0 Å². The molecule has 0 bridgehead atoms. The highest BCUT2D eigenvalue weighted by atomic mass is 16.7. The highest BCUT2D eigenvalue weighted by molar-refractivity contribution is 5.72. The quantitative estimate of drug-likeness (QED) is 0.471. The molecule has 2 fully saturated rings. The number of aliphatic hydroxyl groups excluding tert-OH is 1. The van der Waals surface area contributed by atoms with Gasteiger partial charge in [0.15, 0.2) is 6.29 Å². The molecule has 2 saturated heterocycles. The number of hydrogen-bond donors (Lipinski definition) is 2. The summed E-state index contributed by atoms with van der Waals surface area (Å²) >= 11 is 0. The average molecular weight is 518 g/mol. The molecule has 38 heavy (non-hydrogen) atoms. The molecule has 1 aromatic heterocycles. The highest BCUT2D eigenvalue weighted by Crippen LogP contribution is 2.38. The fourth-order valence-electron chi connectivity index (χ4n) is 4.93. The Labute approximate surface area is 223 Å². The van der Waals surface area contributed by atoms with Crippen LogP contribution in [0.4, 0.5) is 5.95 Å². The van der Waals surface area contributed by atoms with Gasteiger partial charge in [0.1, 0.15) is 0 Å². The minimum absolute atomic E-state index is 0.00477. The number of aromatic nitrogens is 2. The molecule has 2 aromatic carbocycles. The van der Waals surface area contributed by atoms with Crippen molar-refractivity contribution in [1.29, 1.82) is 0 Å². The number of hydrogen-bond acceptors (Lipinski definition) is 8. The normalized spacial score (nSPS) is 22.3. The van der Waals surface area contributed by atoms with Crippen molar-refractivity contribution in [2.24, 2.45) is 0 Å². The van der Waals surface area contributed by atoms with Crippen molar-refractivity contribution in [2.45, 2.75) is 45.0 Å². The summed E-state index contributed by atoms with van der Waals surface area (Å²) in [6.45, 7) is 6.41. The molecule has 9 nitrogen and oxygen atoms in total. The van der Waals surface area contributed by atoms with Crippen LogP contribution in [-0.2, 0) is 27.4 Å². The van der Waals surface area contributed by atoms with Crippen LogP contribution >= 0.6 is 0 Å². The van der Waals surface area contributed by atoms with Crippen LogP contribution in [0.5, 0.6) is 0 Å². The zero-order valence-corrected chi connectivity index (χ0v) is 21.7. The average Bonchev–Trinajstić information content (AvgIpc) is 2.97. The minimum atomic E-state index is -0.495. The first-order valence-electron chi connectivity index (χ1n) is 13.2. The number of anilines is 1. The standard InChI is InChI=1S/C29H35N5O4/c1-21(36)32-18-22-3-9-25(10-4-22)28-37-26(17-27(38-28)24-7-5-23(20-35)6-8-24)19-33-13-15-34(16-14-33)29-30-11-2-12-31-29/h2-12,26-28,35H,13-20H2,1H3,(H,32,36)/t26-,27+,28+/m1/s1. The van der Waals surface area contributed by atoms with Gasteiger partial charge in [0, 0.05) is 70.6 Å². The molecule has 200 valence electrons. The molecule has 0 saturated carbocycles. The van der Waals surface area contributed by atoms with E-state index in [2.05, 4.69) is 25.1 Å². The topological polar surface area (TPSA) is 100 Å². The molecular weight excluding hydrogens is 482 g/mol. The summed E-state index contributed by atoms with van der Waals surface area (Å²) in [7, 11) is 0. The number of aliphatic hydroxyl groups is 1. The van der Waals surface area contributed by atoms with E-state index in [-0.39, 0.29) is 24.7 Å². The molecule has 2 N–H and O–H groups in total. The first-order chi connectivity index (χ1) is 18.6. The lowest BCUT2D eigenvalue weighted by Gasteiger charge is -2.40. The van der Waals surface area contributed by atoms with Crippen molar-refractivity contribution in [3.8, 4) is 0 Å². The lowest BCUT2D eigenvalue weighted by Crippen LogP contribution is -2.50. The van der Waals surface area contributed by atoms with Gasteiger partial charge in [-0.15, -0.1) is 0 Å². The molecule has 0 radical (unpaired) electrons. The van der Waals surface area contributed by atoms with Crippen LogP contribution in [0.1, 0.15) is 48.0 Å².